The van der Waals surface area contributed by atoms with E-state index in [1.54, 1.807) is 11.7 Å². The zero-order chi connectivity index (χ0) is 22.5. The lowest BCUT2D eigenvalue weighted by molar-refractivity contribution is -0.133. The van der Waals surface area contributed by atoms with Gasteiger partial charge in [-0.25, -0.2) is 0 Å². The highest BCUT2D eigenvalue weighted by atomic mass is 32.1. The number of aromatic nitrogens is 3. The fourth-order valence-electron chi connectivity index (χ4n) is 4.26. The van der Waals surface area contributed by atoms with Gasteiger partial charge in [-0.2, -0.15) is 5.10 Å². The zero-order valence-corrected chi connectivity index (χ0v) is 19.5. The first-order chi connectivity index (χ1) is 15.5. The van der Waals surface area contributed by atoms with Gasteiger partial charge in [-0.05, 0) is 68.4 Å². The van der Waals surface area contributed by atoms with Crippen LogP contribution in [0.15, 0.2) is 48.5 Å². The maximum absolute atomic E-state index is 13.0. The van der Waals surface area contributed by atoms with Gasteiger partial charge in [-0.3, -0.25) is 14.5 Å². The monoisotopic (exact) mass is 450 g/mol. The topological polar surface area (TPSA) is 63.1 Å². The van der Waals surface area contributed by atoms with Crippen molar-refractivity contribution in [2.24, 2.45) is 5.92 Å². The number of aromatic amines is 1. The number of ether oxygens (including phenoxy) is 1. The zero-order valence-electron chi connectivity index (χ0n) is 18.7. The van der Waals surface area contributed by atoms with Crippen molar-refractivity contribution in [3.05, 3.63) is 64.4 Å². The number of amides is 1. The Morgan fingerprint density at radius 2 is 1.81 bits per heavy atom. The van der Waals surface area contributed by atoms with E-state index in [4.69, 9.17) is 17.0 Å². The van der Waals surface area contributed by atoms with Crippen molar-refractivity contribution in [3.63, 3.8) is 0 Å². The third-order valence-corrected chi connectivity index (χ3v) is 6.64. The molecule has 1 aliphatic heterocycles. The van der Waals surface area contributed by atoms with Crippen LogP contribution < -0.4 is 4.74 Å². The quantitative estimate of drug-likeness (QED) is 0.526. The van der Waals surface area contributed by atoms with Crippen LogP contribution in [0.3, 0.4) is 0 Å². The molecule has 1 amide bonds. The van der Waals surface area contributed by atoms with Gasteiger partial charge in [0.25, 0.3) is 0 Å². The lowest BCUT2D eigenvalue weighted by atomic mass is 9.90. The van der Waals surface area contributed by atoms with Crippen LogP contribution in [0.25, 0.3) is 11.4 Å². The number of hydrogen-bond donors (Lipinski definition) is 1. The van der Waals surface area contributed by atoms with Gasteiger partial charge < -0.3 is 9.64 Å². The molecule has 2 aromatic carbocycles. The molecule has 0 aliphatic carbocycles. The molecular formula is C25H30N4O2S. The number of aryl methyl sites for hydroxylation is 2. The SMILES string of the molecule is COc1ccc(CCC2CCN(C(=O)Cn3c(-c4ccc(C)cc4)n[nH]c3=S)CC2)cc1. The van der Waals surface area contributed by atoms with Crippen LogP contribution >= 0.6 is 12.2 Å². The molecule has 0 bridgehead atoms. The van der Waals surface area contributed by atoms with Crippen molar-refractivity contribution in [1.29, 1.82) is 0 Å². The molecule has 0 saturated carbocycles. The van der Waals surface area contributed by atoms with Crippen molar-refractivity contribution in [2.75, 3.05) is 20.2 Å². The van der Waals surface area contributed by atoms with Crippen molar-refractivity contribution in [1.82, 2.24) is 19.7 Å². The Balaban J connectivity index is 1.31. The van der Waals surface area contributed by atoms with Gasteiger partial charge in [-0.1, -0.05) is 42.0 Å². The molecule has 2 heterocycles. The first kappa shape index (κ1) is 22.3. The highest BCUT2D eigenvalue weighted by molar-refractivity contribution is 7.71. The summed E-state index contributed by atoms with van der Waals surface area (Å²) < 4.78 is 7.51. The average Bonchev–Trinajstić information content (AvgIpc) is 3.18. The number of hydrogen-bond acceptors (Lipinski definition) is 4. The summed E-state index contributed by atoms with van der Waals surface area (Å²) in [5.74, 6) is 2.35. The Hall–Kier alpha value is -2.93. The first-order valence-electron chi connectivity index (χ1n) is 11.2. The third-order valence-electron chi connectivity index (χ3n) is 6.33. The smallest absolute Gasteiger partial charge is 0.242 e. The normalized spacial score (nSPS) is 14.5. The molecular weight excluding hydrogens is 420 g/mol. The minimum Gasteiger partial charge on any atom is -0.497 e. The number of carbonyl (C=O) groups excluding carboxylic acids is 1. The summed E-state index contributed by atoms with van der Waals surface area (Å²) in [6.45, 7) is 3.87. The van der Waals surface area contributed by atoms with Gasteiger partial charge in [0, 0.05) is 18.7 Å². The summed E-state index contributed by atoms with van der Waals surface area (Å²) in [6.07, 6.45) is 4.30. The van der Waals surface area contributed by atoms with E-state index in [0.717, 1.165) is 50.1 Å². The number of benzene rings is 2. The number of rotatable bonds is 7. The fraction of sp³-hybridized carbons (Fsp3) is 0.400. The third kappa shape index (κ3) is 5.27. The Morgan fingerprint density at radius 1 is 1.12 bits per heavy atom. The molecule has 0 spiro atoms. The molecule has 1 aliphatic rings. The molecule has 1 saturated heterocycles. The molecule has 7 heteroatoms. The lowest BCUT2D eigenvalue weighted by Gasteiger charge is -2.32. The average molecular weight is 451 g/mol. The summed E-state index contributed by atoms with van der Waals surface area (Å²) in [4.78, 5) is 15.0. The molecule has 168 valence electrons. The highest BCUT2D eigenvalue weighted by Gasteiger charge is 2.24. The van der Waals surface area contributed by atoms with Crippen molar-refractivity contribution >= 4 is 18.1 Å². The maximum atomic E-state index is 13.0. The molecule has 1 aromatic heterocycles. The van der Waals surface area contributed by atoms with Gasteiger partial charge >= 0.3 is 0 Å². The van der Waals surface area contributed by atoms with Crippen LogP contribution in [0.4, 0.5) is 0 Å². The van der Waals surface area contributed by atoms with Gasteiger partial charge in [0.15, 0.2) is 10.6 Å². The van der Waals surface area contributed by atoms with E-state index in [-0.39, 0.29) is 12.5 Å². The molecule has 0 atom stereocenters. The summed E-state index contributed by atoms with van der Waals surface area (Å²) in [6, 6.07) is 16.4. The standard InChI is InChI=1S/C25H30N4O2S/c1-18-3-9-21(10-4-18)24-26-27-25(32)29(24)17-23(30)28-15-13-20(14-16-28)6-5-19-7-11-22(31-2)12-8-19/h3-4,7-12,20H,5-6,13-17H2,1-2H3,(H,27,32). The first-order valence-corrected chi connectivity index (χ1v) is 11.6. The second-order valence-electron chi connectivity index (χ2n) is 8.52. The summed E-state index contributed by atoms with van der Waals surface area (Å²) in [5.41, 5.74) is 3.47. The summed E-state index contributed by atoms with van der Waals surface area (Å²) >= 11 is 5.40. The molecule has 0 radical (unpaired) electrons. The van der Waals surface area contributed by atoms with Gasteiger partial charge in [0.1, 0.15) is 12.3 Å². The van der Waals surface area contributed by atoms with E-state index in [2.05, 4.69) is 22.3 Å². The summed E-state index contributed by atoms with van der Waals surface area (Å²) in [7, 11) is 1.69. The van der Waals surface area contributed by atoms with E-state index in [1.165, 1.54) is 11.1 Å². The maximum Gasteiger partial charge on any atom is 0.242 e. The van der Waals surface area contributed by atoms with E-state index in [9.17, 15) is 4.79 Å². The number of likely N-dealkylation sites (tertiary alicyclic amines) is 1. The fourth-order valence-corrected chi connectivity index (χ4v) is 4.45. The Bertz CT molecular complexity index is 1090. The minimum atomic E-state index is 0.101. The van der Waals surface area contributed by atoms with E-state index in [0.29, 0.717) is 16.5 Å². The molecule has 1 fully saturated rings. The number of carbonyl (C=O) groups is 1. The summed E-state index contributed by atoms with van der Waals surface area (Å²) in [5, 5.41) is 7.20. The molecule has 0 unspecified atom stereocenters. The van der Waals surface area contributed by atoms with Gasteiger partial charge in [0.05, 0.1) is 7.11 Å². The minimum absolute atomic E-state index is 0.101. The highest BCUT2D eigenvalue weighted by Crippen LogP contribution is 2.24. The largest absolute Gasteiger partial charge is 0.497 e. The van der Waals surface area contributed by atoms with Crippen LogP contribution in [0.2, 0.25) is 0 Å². The molecule has 4 rings (SSSR count). The molecule has 1 N–H and O–H groups in total. The van der Waals surface area contributed by atoms with Crippen molar-refractivity contribution in [2.45, 2.75) is 39.2 Å². The van der Waals surface area contributed by atoms with E-state index >= 15 is 0 Å². The second kappa shape index (κ2) is 10.1. The van der Waals surface area contributed by atoms with Crippen LogP contribution in [-0.4, -0.2) is 45.8 Å². The number of methoxy groups -OCH3 is 1. The number of H-pyrrole nitrogens is 1. The molecule has 3 aromatic rings. The van der Waals surface area contributed by atoms with Crippen LogP contribution in [0.5, 0.6) is 5.75 Å². The van der Waals surface area contributed by atoms with Crippen molar-refractivity contribution in [3.8, 4) is 17.1 Å². The van der Waals surface area contributed by atoms with Crippen LogP contribution in [0, 0.1) is 17.6 Å². The molecule has 32 heavy (non-hydrogen) atoms. The lowest BCUT2D eigenvalue weighted by Crippen LogP contribution is -2.40. The van der Waals surface area contributed by atoms with E-state index < -0.39 is 0 Å². The number of nitrogens with one attached hydrogen (secondary N) is 1. The predicted molar refractivity (Wildman–Crippen MR) is 128 cm³/mol. The second-order valence-corrected chi connectivity index (χ2v) is 8.90. The van der Waals surface area contributed by atoms with Gasteiger partial charge in [-0.15, -0.1) is 0 Å². The van der Waals surface area contributed by atoms with Crippen LogP contribution in [0.1, 0.15) is 30.4 Å². The van der Waals surface area contributed by atoms with E-state index in [1.807, 2.05) is 48.2 Å². The van der Waals surface area contributed by atoms with Crippen molar-refractivity contribution < 1.29 is 9.53 Å². The Kier molecular flexibility index (Phi) is 7.05. The molecule has 6 nitrogen and oxygen atoms in total. The number of piperidine rings is 1. The van der Waals surface area contributed by atoms with Crippen LogP contribution in [-0.2, 0) is 17.8 Å². The Labute approximate surface area is 194 Å². The predicted octanol–water partition coefficient (Wildman–Crippen LogP) is 4.80. The number of nitrogens with zero attached hydrogens (tertiary/aromatic N) is 3. The van der Waals surface area contributed by atoms with Gasteiger partial charge in [0.2, 0.25) is 5.91 Å². The Morgan fingerprint density at radius 3 is 2.47 bits per heavy atom.